The minimum Gasteiger partial charge on any atom is -0.280 e. The Balaban J connectivity index is 3.07. The largest absolute Gasteiger partial charge is 0.280 e. The molecule has 0 aromatic heterocycles. The lowest BCUT2D eigenvalue weighted by atomic mass is 10.5. The van der Waals surface area contributed by atoms with E-state index in [2.05, 4.69) is 10.3 Å². The predicted octanol–water partition coefficient (Wildman–Crippen LogP) is 1.23. The number of allylic oxidation sites excluding steroid dienone is 3. The molecule has 0 rings (SSSR count). The Hall–Kier alpha value is -0.760. The lowest BCUT2D eigenvalue weighted by molar-refractivity contribution is 0.128. The SMILES string of the molecule is C/C=C\C=C/NOC. The van der Waals surface area contributed by atoms with Crippen molar-refractivity contribution in [3.05, 3.63) is 24.4 Å². The van der Waals surface area contributed by atoms with Crippen molar-refractivity contribution in [2.24, 2.45) is 0 Å². The Kier molecular flexibility index (Phi) is 5.65. The summed E-state index contributed by atoms with van der Waals surface area (Å²) in [7, 11) is 1.57. The molecule has 0 aliphatic heterocycles. The van der Waals surface area contributed by atoms with Crippen molar-refractivity contribution in [3.8, 4) is 0 Å². The highest BCUT2D eigenvalue weighted by atomic mass is 16.6. The Labute approximate surface area is 49.8 Å². The molecule has 0 aromatic rings. The number of hydrogen-bond donors (Lipinski definition) is 1. The van der Waals surface area contributed by atoms with Gasteiger partial charge in [0.1, 0.15) is 0 Å². The van der Waals surface area contributed by atoms with Crippen molar-refractivity contribution < 1.29 is 4.84 Å². The summed E-state index contributed by atoms with van der Waals surface area (Å²) < 4.78 is 0. The van der Waals surface area contributed by atoms with Crippen molar-refractivity contribution in [2.45, 2.75) is 6.92 Å². The van der Waals surface area contributed by atoms with E-state index in [0.29, 0.717) is 0 Å². The Bertz CT molecular complexity index is 86.5. The summed E-state index contributed by atoms with van der Waals surface area (Å²) in [6, 6.07) is 0. The second-order valence-electron chi connectivity index (χ2n) is 1.21. The molecule has 0 saturated heterocycles. The fourth-order valence-corrected chi connectivity index (χ4v) is 0.274. The minimum absolute atomic E-state index is 1.57. The van der Waals surface area contributed by atoms with Crippen LogP contribution >= 0.6 is 0 Å². The quantitative estimate of drug-likeness (QED) is 0.439. The van der Waals surface area contributed by atoms with Crippen LogP contribution in [0.1, 0.15) is 6.92 Å². The molecule has 8 heavy (non-hydrogen) atoms. The van der Waals surface area contributed by atoms with Crippen molar-refractivity contribution in [2.75, 3.05) is 7.11 Å². The van der Waals surface area contributed by atoms with Crippen LogP contribution in [-0.4, -0.2) is 7.11 Å². The average Bonchev–Trinajstić information content (AvgIpc) is 1.81. The molecule has 0 bridgehead atoms. The first-order chi connectivity index (χ1) is 3.91. The zero-order chi connectivity index (χ0) is 6.24. The fourth-order valence-electron chi connectivity index (χ4n) is 0.274. The van der Waals surface area contributed by atoms with Crippen LogP contribution < -0.4 is 5.48 Å². The van der Waals surface area contributed by atoms with Gasteiger partial charge in [-0.15, -0.1) is 0 Å². The van der Waals surface area contributed by atoms with Crippen molar-refractivity contribution in [1.82, 2.24) is 5.48 Å². The third kappa shape index (κ3) is 5.24. The van der Waals surface area contributed by atoms with E-state index in [0.717, 1.165) is 0 Å². The summed E-state index contributed by atoms with van der Waals surface area (Å²) in [5.41, 5.74) is 2.55. The molecular formula is C6H11NO. The van der Waals surface area contributed by atoms with Crippen LogP contribution in [0.25, 0.3) is 0 Å². The van der Waals surface area contributed by atoms with Gasteiger partial charge >= 0.3 is 0 Å². The Morgan fingerprint density at radius 3 is 2.62 bits per heavy atom. The number of hydrogen-bond acceptors (Lipinski definition) is 2. The summed E-state index contributed by atoms with van der Waals surface area (Å²) in [5, 5.41) is 0. The van der Waals surface area contributed by atoms with Gasteiger partial charge in [0.2, 0.25) is 0 Å². The molecule has 0 unspecified atom stereocenters. The molecule has 0 heterocycles. The number of rotatable bonds is 3. The molecule has 0 saturated carbocycles. The van der Waals surface area contributed by atoms with E-state index < -0.39 is 0 Å². The van der Waals surface area contributed by atoms with Gasteiger partial charge in [0.15, 0.2) is 0 Å². The van der Waals surface area contributed by atoms with Crippen LogP contribution in [0.5, 0.6) is 0 Å². The number of hydroxylamine groups is 1. The van der Waals surface area contributed by atoms with Gasteiger partial charge in [-0.05, 0) is 13.0 Å². The second kappa shape index (κ2) is 6.24. The standard InChI is InChI=1S/C6H11NO/c1-3-4-5-6-7-8-2/h3-7H,1-2H3/b4-3-,6-5-. The van der Waals surface area contributed by atoms with Crippen LogP contribution in [0.3, 0.4) is 0 Å². The molecule has 0 spiro atoms. The highest BCUT2D eigenvalue weighted by Gasteiger charge is 1.60. The van der Waals surface area contributed by atoms with Gasteiger partial charge in [-0.1, -0.05) is 12.2 Å². The summed E-state index contributed by atoms with van der Waals surface area (Å²) in [5.74, 6) is 0. The van der Waals surface area contributed by atoms with E-state index in [1.54, 1.807) is 13.3 Å². The van der Waals surface area contributed by atoms with Gasteiger partial charge in [0.25, 0.3) is 0 Å². The predicted molar refractivity (Wildman–Crippen MR) is 34.1 cm³/mol. The summed E-state index contributed by atoms with van der Waals surface area (Å²) in [6.45, 7) is 1.96. The second-order valence-corrected chi connectivity index (χ2v) is 1.21. The lowest BCUT2D eigenvalue weighted by Crippen LogP contribution is -1.99. The van der Waals surface area contributed by atoms with Crippen LogP contribution in [0.4, 0.5) is 0 Å². The molecular weight excluding hydrogens is 102 g/mol. The van der Waals surface area contributed by atoms with E-state index in [9.17, 15) is 0 Å². The average molecular weight is 113 g/mol. The molecule has 0 aliphatic carbocycles. The highest BCUT2D eigenvalue weighted by Crippen LogP contribution is 1.71. The molecule has 0 aliphatic rings. The Morgan fingerprint density at radius 1 is 1.38 bits per heavy atom. The van der Waals surface area contributed by atoms with E-state index in [4.69, 9.17) is 0 Å². The van der Waals surface area contributed by atoms with Crippen molar-refractivity contribution in [1.29, 1.82) is 0 Å². The molecule has 0 atom stereocenters. The van der Waals surface area contributed by atoms with E-state index in [-0.39, 0.29) is 0 Å². The zero-order valence-electron chi connectivity index (χ0n) is 5.22. The molecule has 0 radical (unpaired) electrons. The van der Waals surface area contributed by atoms with Crippen molar-refractivity contribution >= 4 is 0 Å². The smallest absolute Gasteiger partial charge is 0.0636 e. The van der Waals surface area contributed by atoms with Gasteiger partial charge in [-0.25, -0.2) is 0 Å². The van der Waals surface area contributed by atoms with Gasteiger partial charge in [-0.2, -0.15) is 0 Å². The molecule has 2 heteroatoms. The monoisotopic (exact) mass is 113 g/mol. The van der Waals surface area contributed by atoms with Crippen molar-refractivity contribution in [3.63, 3.8) is 0 Å². The first kappa shape index (κ1) is 7.24. The fraction of sp³-hybridized carbons (Fsp3) is 0.333. The normalized spacial score (nSPS) is 11.2. The van der Waals surface area contributed by atoms with Gasteiger partial charge in [0.05, 0.1) is 7.11 Å². The molecule has 0 amide bonds. The van der Waals surface area contributed by atoms with E-state index >= 15 is 0 Å². The Morgan fingerprint density at radius 2 is 2.12 bits per heavy atom. The zero-order valence-corrected chi connectivity index (χ0v) is 5.22. The van der Waals surface area contributed by atoms with Gasteiger partial charge in [0, 0.05) is 6.20 Å². The van der Waals surface area contributed by atoms with Crippen LogP contribution in [-0.2, 0) is 4.84 Å². The minimum atomic E-state index is 1.57. The van der Waals surface area contributed by atoms with E-state index in [1.165, 1.54) is 0 Å². The molecule has 1 N–H and O–H groups in total. The third-order valence-electron chi connectivity index (χ3n) is 0.586. The molecule has 0 aromatic carbocycles. The number of nitrogens with one attached hydrogen (secondary N) is 1. The van der Waals surface area contributed by atoms with E-state index in [1.807, 2.05) is 25.2 Å². The maximum Gasteiger partial charge on any atom is 0.0636 e. The summed E-state index contributed by atoms with van der Waals surface area (Å²) >= 11 is 0. The maximum atomic E-state index is 4.52. The van der Waals surface area contributed by atoms with Gasteiger partial charge < -0.3 is 0 Å². The molecule has 0 fully saturated rings. The van der Waals surface area contributed by atoms with Crippen LogP contribution in [0, 0.1) is 0 Å². The highest BCUT2D eigenvalue weighted by molar-refractivity contribution is 4.98. The first-order valence-electron chi connectivity index (χ1n) is 2.48. The molecule has 2 nitrogen and oxygen atoms in total. The van der Waals surface area contributed by atoms with Gasteiger partial charge in [-0.3, -0.25) is 10.3 Å². The maximum absolute atomic E-state index is 4.52. The summed E-state index contributed by atoms with van der Waals surface area (Å²) in [6.07, 6.45) is 7.41. The topological polar surface area (TPSA) is 21.3 Å². The first-order valence-corrected chi connectivity index (χ1v) is 2.48. The lowest BCUT2D eigenvalue weighted by Gasteiger charge is -1.88. The molecule has 46 valence electrons. The third-order valence-corrected chi connectivity index (χ3v) is 0.586. The van der Waals surface area contributed by atoms with Crippen LogP contribution in [0.15, 0.2) is 24.4 Å². The van der Waals surface area contributed by atoms with Crippen LogP contribution in [0.2, 0.25) is 0 Å². The summed E-state index contributed by atoms with van der Waals surface area (Å²) in [4.78, 5) is 4.52.